The average molecular weight is 262 g/mol. The van der Waals surface area contributed by atoms with Gasteiger partial charge >= 0.3 is 0 Å². The van der Waals surface area contributed by atoms with Gasteiger partial charge < -0.3 is 15.8 Å². The van der Waals surface area contributed by atoms with Crippen LogP contribution in [0.15, 0.2) is 18.2 Å². The molecule has 1 aromatic carbocycles. The van der Waals surface area contributed by atoms with E-state index in [9.17, 15) is 4.79 Å². The van der Waals surface area contributed by atoms with E-state index in [1.807, 2.05) is 0 Å². The van der Waals surface area contributed by atoms with Crippen molar-refractivity contribution in [2.24, 2.45) is 11.8 Å². The summed E-state index contributed by atoms with van der Waals surface area (Å²) >= 11 is 0. The molecule has 1 aliphatic rings. The quantitative estimate of drug-likeness (QED) is 0.819. The monoisotopic (exact) mass is 262 g/mol. The lowest BCUT2D eigenvalue weighted by Gasteiger charge is -2.17. The first-order valence-corrected chi connectivity index (χ1v) is 6.84. The van der Waals surface area contributed by atoms with E-state index < -0.39 is 0 Å². The molecule has 19 heavy (non-hydrogen) atoms. The fourth-order valence-corrected chi connectivity index (χ4v) is 2.81. The highest BCUT2D eigenvalue weighted by Crippen LogP contribution is 2.31. The van der Waals surface area contributed by atoms with Crippen LogP contribution in [0, 0.1) is 11.8 Å². The largest absolute Gasteiger partial charge is 0.494 e. The first kappa shape index (κ1) is 13.7. The molecule has 3 N–H and O–H groups in total. The molecule has 2 unspecified atom stereocenters. The Hall–Kier alpha value is -1.71. The number of para-hydroxylation sites is 1. The molecule has 0 heterocycles. The lowest BCUT2D eigenvalue weighted by atomic mass is 9.98. The molecule has 0 spiro atoms. The standard InChI is InChI=1S/C15H22N2O2/c1-10-5-3-6-11(10)9-17-15(18)12-7-4-8-13(16)14(12)19-2/h4,7-8,10-11H,3,5-6,9,16H2,1-2H3,(H,17,18). The van der Waals surface area contributed by atoms with Gasteiger partial charge in [-0.25, -0.2) is 0 Å². The van der Waals surface area contributed by atoms with Crippen LogP contribution in [0.4, 0.5) is 5.69 Å². The van der Waals surface area contributed by atoms with E-state index in [0.717, 1.165) is 6.54 Å². The first-order valence-electron chi connectivity index (χ1n) is 6.84. The molecule has 4 nitrogen and oxygen atoms in total. The van der Waals surface area contributed by atoms with Gasteiger partial charge in [-0.2, -0.15) is 0 Å². The van der Waals surface area contributed by atoms with Crippen LogP contribution >= 0.6 is 0 Å². The highest BCUT2D eigenvalue weighted by molar-refractivity contribution is 5.98. The lowest BCUT2D eigenvalue weighted by molar-refractivity contribution is 0.0941. The number of methoxy groups -OCH3 is 1. The van der Waals surface area contributed by atoms with Crippen molar-refractivity contribution in [3.63, 3.8) is 0 Å². The van der Waals surface area contributed by atoms with Crippen LogP contribution in [-0.2, 0) is 0 Å². The zero-order valence-corrected chi connectivity index (χ0v) is 11.6. The molecular weight excluding hydrogens is 240 g/mol. The first-order chi connectivity index (χ1) is 9.13. The van der Waals surface area contributed by atoms with Crippen molar-refractivity contribution in [2.45, 2.75) is 26.2 Å². The van der Waals surface area contributed by atoms with Gasteiger partial charge in [0.2, 0.25) is 0 Å². The Kier molecular flexibility index (Phi) is 4.30. The molecule has 1 aromatic rings. The summed E-state index contributed by atoms with van der Waals surface area (Å²) in [5.74, 6) is 1.64. The van der Waals surface area contributed by atoms with E-state index in [-0.39, 0.29) is 5.91 Å². The van der Waals surface area contributed by atoms with Crippen LogP contribution in [0.2, 0.25) is 0 Å². The van der Waals surface area contributed by atoms with Crippen LogP contribution < -0.4 is 15.8 Å². The molecule has 0 saturated heterocycles. The highest BCUT2D eigenvalue weighted by atomic mass is 16.5. The van der Waals surface area contributed by atoms with Gasteiger partial charge in [0.15, 0.2) is 5.75 Å². The molecule has 2 atom stereocenters. The molecule has 0 radical (unpaired) electrons. The van der Waals surface area contributed by atoms with E-state index in [4.69, 9.17) is 10.5 Å². The Labute approximate surface area is 114 Å². The summed E-state index contributed by atoms with van der Waals surface area (Å²) in [5.41, 5.74) is 6.80. The van der Waals surface area contributed by atoms with E-state index in [1.54, 1.807) is 18.2 Å². The van der Waals surface area contributed by atoms with Gasteiger partial charge in [0.25, 0.3) is 5.91 Å². The summed E-state index contributed by atoms with van der Waals surface area (Å²) in [6, 6.07) is 5.24. The number of amides is 1. The summed E-state index contributed by atoms with van der Waals surface area (Å²) in [7, 11) is 1.53. The summed E-state index contributed by atoms with van der Waals surface area (Å²) < 4.78 is 5.20. The molecular formula is C15H22N2O2. The number of benzene rings is 1. The second-order valence-electron chi connectivity index (χ2n) is 5.31. The van der Waals surface area contributed by atoms with Crippen LogP contribution in [0.3, 0.4) is 0 Å². The molecule has 1 amide bonds. The number of rotatable bonds is 4. The predicted molar refractivity (Wildman–Crippen MR) is 76.2 cm³/mol. The second kappa shape index (κ2) is 5.95. The Morgan fingerprint density at radius 1 is 1.47 bits per heavy atom. The van der Waals surface area contributed by atoms with Crippen molar-refractivity contribution in [2.75, 3.05) is 19.4 Å². The zero-order valence-electron chi connectivity index (χ0n) is 11.6. The Bertz CT molecular complexity index is 459. The molecule has 4 heteroatoms. The van der Waals surface area contributed by atoms with Crippen molar-refractivity contribution in [3.8, 4) is 5.75 Å². The van der Waals surface area contributed by atoms with Crippen LogP contribution in [-0.4, -0.2) is 19.6 Å². The predicted octanol–water partition coefficient (Wildman–Crippen LogP) is 2.44. The third-order valence-corrected chi connectivity index (χ3v) is 4.06. The number of carbonyl (C=O) groups excluding carboxylic acids is 1. The number of nitrogen functional groups attached to an aromatic ring is 1. The maximum Gasteiger partial charge on any atom is 0.255 e. The van der Waals surface area contributed by atoms with Crippen molar-refractivity contribution >= 4 is 11.6 Å². The zero-order chi connectivity index (χ0) is 13.8. The SMILES string of the molecule is COc1c(N)cccc1C(=O)NCC1CCCC1C. The number of anilines is 1. The highest BCUT2D eigenvalue weighted by Gasteiger charge is 2.24. The molecule has 0 aliphatic heterocycles. The van der Waals surface area contributed by atoms with E-state index in [1.165, 1.54) is 26.4 Å². The van der Waals surface area contributed by atoms with E-state index in [0.29, 0.717) is 28.8 Å². The molecule has 1 saturated carbocycles. The third-order valence-electron chi connectivity index (χ3n) is 4.06. The molecule has 1 fully saturated rings. The number of carbonyl (C=O) groups is 1. The molecule has 1 aliphatic carbocycles. The topological polar surface area (TPSA) is 64.3 Å². The smallest absolute Gasteiger partial charge is 0.255 e. The minimum Gasteiger partial charge on any atom is -0.494 e. The molecule has 2 rings (SSSR count). The number of nitrogens with two attached hydrogens (primary N) is 1. The Morgan fingerprint density at radius 3 is 2.89 bits per heavy atom. The van der Waals surface area contributed by atoms with Crippen LogP contribution in [0.25, 0.3) is 0 Å². The third kappa shape index (κ3) is 3.00. The van der Waals surface area contributed by atoms with Crippen molar-refractivity contribution in [1.29, 1.82) is 0 Å². The summed E-state index contributed by atoms with van der Waals surface area (Å²) in [6.45, 7) is 2.99. The Balaban J connectivity index is 2.02. The van der Waals surface area contributed by atoms with Gasteiger partial charge in [0, 0.05) is 6.54 Å². The summed E-state index contributed by atoms with van der Waals surface area (Å²) in [4.78, 5) is 12.2. The van der Waals surface area contributed by atoms with Crippen molar-refractivity contribution < 1.29 is 9.53 Å². The van der Waals surface area contributed by atoms with Crippen molar-refractivity contribution in [1.82, 2.24) is 5.32 Å². The van der Waals surface area contributed by atoms with E-state index >= 15 is 0 Å². The van der Waals surface area contributed by atoms with Gasteiger partial charge in [-0.05, 0) is 30.4 Å². The number of hydrogen-bond donors (Lipinski definition) is 2. The molecule has 0 aromatic heterocycles. The van der Waals surface area contributed by atoms with Gasteiger partial charge in [-0.15, -0.1) is 0 Å². The number of ether oxygens (including phenoxy) is 1. The molecule has 104 valence electrons. The van der Waals surface area contributed by atoms with Crippen LogP contribution in [0.1, 0.15) is 36.5 Å². The van der Waals surface area contributed by atoms with E-state index in [2.05, 4.69) is 12.2 Å². The van der Waals surface area contributed by atoms with Crippen molar-refractivity contribution in [3.05, 3.63) is 23.8 Å². The van der Waals surface area contributed by atoms with Crippen LogP contribution in [0.5, 0.6) is 5.75 Å². The summed E-state index contributed by atoms with van der Waals surface area (Å²) in [6.07, 6.45) is 3.74. The van der Waals surface area contributed by atoms with Gasteiger partial charge in [-0.3, -0.25) is 4.79 Å². The number of hydrogen-bond acceptors (Lipinski definition) is 3. The van der Waals surface area contributed by atoms with Gasteiger partial charge in [0.1, 0.15) is 0 Å². The average Bonchev–Trinajstić information content (AvgIpc) is 2.81. The maximum atomic E-state index is 12.2. The minimum absolute atomic E-state index is 0.108. The fourth-order valence-electron chi connectivity index (χ4n) is 2.81. The van der Waals surface area contributed by atoms with Gasteiger partial charge in [0.05, 0.1) is 18.4 Å². The summed E-state index contributed by atoms with van der Waals surface area (Å²) in [5, 5.41) is 3.00. The fraction of sp³-hybridized carbons (Fsp3) is 0.533. The maximum absolute atomic E-state index is 12.2. The number of nitrogens with one attached hydrogen (secondary N) is 1. The second-order valence-corrected chi connectivity index (χ2v) is 5.31. The normalized spacial score (nSPS) is 22.2. The van der Waals surface area contributed by atoms with Gasteiger partial charge in [-0.1, -0.05) is 25.8 Å². The minimum atomic E-state index is -0.108. The Morgan fingerprint density at radius 2 is 2.26 bits per heavy atom. The lowest BCUT2D eigenvalue weighted by Crippen LogP contribution is -2.30. The molecule has 0 bridgehead atoms.